The average molecular weight is 448 g/mol. The number of hydrogen-bond acceptors (Lipinski definition) is 1. The number of methoxy groups -OCH3 is 1. The van der Waals surface area contributed by atoms with E-state index in [1.807, 2.05) is 0 Å². The predicted octanol–water partition coefficient (Wildman–Crippen LogP) is 6.34. The van der Waals surface area contributed by atoms with Gasteiger partial charge >= 0.3 is 0 Å². The Balaban J connectivity index is 1.64. The normalized spacial score (nSPS) is 10.2. The number of hydrogen-bond donors (Lipinski definition) is 0. The number of ether oxygens (including phenoxy) is 1. The summed E-state index contributed by atoms with van der Waals surface area (Å²) in [6.45, 7) is 0. The largest absolute Gasteiger partial charge is 0.497 e. The molecule has 0 saturated carbocycles. The molecule has 0 spiro atoms. The molecule has 4 rings (SSSR count). The fourth-order valence-electron chi connectivity index (χ4n) is 3.12. The van der Waals surface area contributed by atoms with Gasteiger partial charge in [-0.3, -0.25) is 0 Å². The van der Waals surface area contributed by atoms with Crippen LogP contribution in [-0.2, 0) is 0 Å². The van der Waals surface area contributed by atoms with Crippen LogP contribution in [0.5, 0.6) is 5.75 Å². The molecule has 0 aliphatic carbocycles. The molecule has 0 radical (unpaired) electrons. The van der Waals surface area contributed by atoms with Gasteiger partial charge in [0, 0.05) is 23.3 Å². The minimum absolute atomic E-state index is 0.0193. The van der Waals surface area contributed by atoms with Crippen molar-refractivity contribution >= 4 is 10.8 Å². The second kappa shape index (κ2) is 9.06. The second-order valence-corrected chi connectivity index (χ2v) is 6.99. The average Bonchev–Trinajstić information content (AvgIpc) is 2.77. The van der Waals surface area contributed by atoms with Gasteiger partial charge in [-0.2, -0.15) is 0 Å². The molecule has 0 aliphatic heterocycles. The van der Waals surface area contributed by atoms with E-state index >= 15 is 0 Å². The Morgan fingerprint density at radius 3 is 1.67 bits per heavy atom. The van der Waals surface area contributed by atoms with Gasteiger partial charge in [-0.05, 0) is 47.2 Å². The highest BCUT2D eigenvalue weighted by Gasteiger charge is 2.11. The smallest absolute Gasteiger partial charge is 0.145 e. The molecule has 0 unspecified atom stereocenters. The van der Waals surface area contributed by atoms with Gasteiger partial charge in [0.05, 0.1) is 18.2 Å². The van der Waals surface area contributed by atoms with E-state index in [1.165, 1.54) is 19.2 Å². The van der Waals surface area contributed by atoms with Crippen LogP contribution in [0.3, 0.4) is 0 Å². The van der Waals surface area contributed by atoms with Gasteiger partial charge < -0.3 is 4.74 Å². The number of benzene rings is 4. The zero-order chi connectivity index (χ0) is 23.5. The standard InChI is InChI=1S/C27H13F5O/c1-33-21-14-26(31)23(27(32)15-21)9-4-17-11-24(29)22(25(30)12-17)8-3-16-2-5-19-13-20(28)7-6-18(19)10-16/h2,5-7,10-15H,1H3. The summed E-state index contributed by atoms with van der Waals surface area (Å²) >= 11 is 0. The van der Waals surface area contributed by atoms with E-state index in [-0.39, 0.29) is 17.1 Å². The van der Waals surface area contributed by atoms with Crippen molar-refractivity contribution in [3.05, 3.63) is 112 Å². The first-order valence-corrected chi connectivity index (χ1v) is 9.59. The lowest BCUT2D eigenvalue weighted by Crippen LogP contribution is -1.94. The van der Waals surface area contributed by atoms with Crippen LogP contribution in [-0.4, -0.2) is 7.11 Å². The zero-order valence-electron chi connectivity index (χ0n) is 17.1. The first kappa shape index (κ1) is 21.9. The Hall–Kier alpha value is -4.29. The molecule has 0 aliphatic rings. The highest BCUT2D eigenvalue weighted by atomic mass is 19.1. The molecular formula is C27H13F5O. The minimum Gasteiger partial charge on any atom is -0.497 e. The lowest BCUT2D eigenvalue weighted by molar-refractivity contribution is 0.406. The summed E-state index contributed by atoms with van der Waals surface area (Å²) in [6.07, 6.45) is 0. The van der Waals surface area contributed by atoms with Crippen molar-refractivity contribution in [1.82, 2.24) is 0 Å². The first-order chi connectivity index (χ1) is 15.8. The Morgan fingerprint density at radius 2 is 1.06 bits per heavy atom. The quantitative estimate of drug-likeness (QED) is 0.244. The van der Waals surface area contributed by atoms with Crippen molar-refractivity contribution in [3.63, 3.8) is 0 Å². The summed E-state index contributed by atoms with van der Waals surface area (Å²) < 4.78 is 75.0. The third-order valence-corrected chi connectivity index (χ3v) is 4.76. The fourth-order valence-corrected chi connectivity index (χ4v) is 3.12. The molecule has 0 saturated heterocycles. The third-order valence-electron chi connectivity index (χ3n) is 4.76. The molecule has 1 nitrogen and oxygen atoms in total. The van der Waals surface area contributed by atoms with Gasteiger partial charge in [-0.1, -0.05) is 35.8 Å². The van der Waals surface area contributed by atoms with Crippen molar-refractivity contribution in [2.45, 2.75) is 0 Å². The van der Waals surface area contributed by atoms with Gasteiger partial charge in [0.15, 0.2) is 0 Å². The molecule has 0 atom stereocenters. The van der Waals surface area contributed by atoms with Crippen LogP contribution >= 0.6 is 0 Å². The Bertz CT molecular complexity index is 1470. The van der Waals surface area contributed by atoms with Gasteiger partial charge in [0.1, 0.15) is 34.8 Å². The summed E-state index contributed by atoms with van der Waals surface area (Å²) in [4.78, 5) is 0. The lowest BCUT2D eigenvalue weighted by Gasteiger charge is -2.02. The van der Waals surface area contributed by atoms with Crippen LogP contribution < -0.4 is 4.74 Å². The summed E-state index contributed by atoms with van der Waals surface area (Å²) in [6, 6.07) is 13.0. The van der Waals surface area contributed by atoms with Crippen molar-refractivity contribution in [2.75, 3.05) is 7.11 Å². The second-order valence-electron chi connectivity index (χ2n) is 6.99. The molecule has 33 heavy (non-hydrogen) atoms. The van der Waals surface area contributed by atoms with Crippen molar-refractivity contribution in [2.24, 2.45) is 0 Å². The van der Waals surface area contributed by atoms with E-state index in [0.717, 1.165) is 29.7 Å². The van der Waals surface area contributed by atoms with Crippen LogP contribution in [0.25, 0.3) is 10.8 Å². The van der Waals surface area contributed by atoms with E-state index in [2.05, 4.69) is 23.7 Å². The SMILES string of the molecule is COc1cc(F)c(C#Cc2cc(F)c(C#Cc3ccc4cc(F)ccc4c3)c(F)c2)c(F)c1. The van der Waals surface area contributed by atoms with E-state index < -0.39 is 34.4 Å². The molecule has 0 aromatic heterocycles. The van der Waals surface area contributed by atoms with Gasteiger partial charge in [0.2, 0.25) is 0 Å². The molecule has 4 aromatic rings. The topological polar surface area (TPSA) is 9.23 Å². The molecular weight excluding hydrogens is 435 g/mol. The molecule has 6 heteroatoms. The predicted molar refractivity (Wildman–Crippen MR) is 115 cm³/mol. The van der Waals surface area contributed by atoms with Crippen molar-refractivity contribution in [3.8, 4) is 29.4 Å². The van der Waals surface area contributed by atoms with Crippen LogP contribution in [0.15, 0.2) is 60.7 Å². The number of fused-ring (bicyclic) bond motifs is 1. The maximum atomic E-state index is 14.5. The molecule has 0 heterocycles. The molecule has 0 amide bonds. The zero-order valence-corrected chi connectivity index (χ0v) is 17.1. The molecule has 0 fully saturated rings. The molecule has 0 bridgehead atoms. The van der Waals surface area contributed by atoms with Gasteiger partial charge in [-0.25, -0.2) is 22.0 Å². The minimum atomic E-state index is -0.967. The maximum absolute atomic E-state index is 14.5. The fraction of sp³-hybridized carbons (Fsp3) is 0.0370. The molecule has 0 N–H and O–H groups in total. The number of rotatable bonds is 1. The Morgan fingerprint density at radius 1 is 0.545 bits per heavy atom. The van der Waals surface area contributed by atoms with Gasteiger partial charge in [0.25, 0.3) is 0 Å². The van der Waals surface area contributed by atoms with Crippen LogP contribution in [0.1, 0.15) is 22.3 Å². The van der Waals surface area contributed by atoms with E-state index in [4.69, 9.17) is 4.74 Å². The van der Waals surface area contributed by atoms with Crippen LogP contribution in [0, 0.1) is 52.8 Å². The maximum Gasteiger partial charge on any atom is 0.145 e. The summed E-state index contributed by atoms with van der Waals surface area (Å²) in [5.41, 5.74) is -0.640. The van der Waals surface area contributed by atoms with E-state index in [0.29, 0.717) is 10.9 Å². The molecule has 162 valence electrons. The first-order valence-electron chi connectivity index (χ1n) is 9.59. The highest BCUT2D eigenvalue weighted by molar-refractivity contribution is 5.84. The van der Waals surface area contributed by atoms with E-state index in [1.54, 1.807) is 24.3 Å². The Labute approximate surface area is 186 Å². The summed E-state index contributed by atoms with van der Waals surface area (Å²) in [5, 5.41) is 1.40. The summed E-state index contributed by atoms with van der Waals surface area (Å²) in [5.74, 6) is 5.50. The lowest BCUT2D eigenvalue weighted by atomic mass is 10.1. The highest BCUT2D eigenvalue weighted by Crippen LogP contribution is 2.21. The Kier molecular flexibility index (Phi) is 6.02. The van der Waals surface area contributed by atoms with Crippen molar-refractivity contribution < 1.29 is 26.7 Å². The number of halogens is 5. The van der Waals surface area contributed by atoms with Crippen LogP contribution in [0.2, 0.25) is 0 Å². The van der Waals surface area contributed by atoms with Gasteiger partial charge in [-0.15, -0.1) is 0 Å². The van der Waals surface area contributed by atoms with Crippen LogP contribution in [0.4, 0.5) is 22.0 Å². The molecule has 4 aromatic carbocycles. The summed E-state index contributed by atoms with van der Waals surface area (Å²) in [7, 11) is 1.26. The van der Waals surface area contributed by atoms with E-state index in [9.17, 15) is 22.0 Å². The van der Waals surface area contributed by atoms with Crippen molar-refractivity contribution in [1.29, 1.82) is 0 Å². The monoisotopic (exact) mass is 448 g/mol. The third kappa shape index (κ3) is 4.81.